The third-order valence-corrected chi connectivity index (χ3v) is 4.17. The third kappa shape index (κ3) is 5.04. The molecule has 1 heteroatoms. The molecule has 0 saturated carbocycles. The molecule has 0 saturated heterocycles. The Hall–Kier alpha value is -2.07. The summed E-state index contributed by atoms with van der Waals surface area (Å²) >= 11 is 0. The monoisotopic (exact) mass is 291 g/mol. The first-order valence-corrected chi connectivity index (χ1v) is 8.37. The number of unbranched alkanes of at least 4 members (excludes halogenated alkanes) is 1. The van der Waals surface area contributed by atoms with Gasteiger partial charge in [-0.1, -0.05) is 74.4 Å². The number of rotatable bonds is 8. The highest BCUT2D eigenvalue weighted by molar-refractivity contribution is 5.63. The lowest BCUT2D eigenvalue weighted by Crippen LogP contribution is -1.98. The molecular weight excluding hydrogens is 266 g/mol. The van der Waals surface area contributed by atoms with Crippen molar-refractivity contribution in [3.05, 3.63) is 60.2 Å². The van der Waals surface area contributed by atoms with E-state index in [0.717, 1.165) is 25.7 Å². The Balaban J connectivity index is 1.83. The van der Waals surface area contributed by atoms with E-state index in [0.29, 0.717) is 0 Å². The number of hydrogen-bond donors (Lipinski definition) is 0. The zero-order valence-electron chi connectivity index (χ0n) is 13.5. The quantitative estimate of drug-likeness (QED) is 0.584. The lowest BCUT2D eigenvalue weighted by Gasteiger charge is -2.08. The summed E-state index contributed by atoms with van der Waals surface area (Å²) in [6.07, 6.45) is 6.60. The molecule has 0 aliphatic rings. The minimum absolute atomic E-state index is 0.239. The number of benzene rings is 2. The van der Waals surface area contributed by atoms with Gasteiger partial charge < -0.3 is 0 Å². The summed E-state index contributed by atoms with van der Waals surface area (Å²) in [4.78, 5) is 0. The van der Waals surface area contributed by atoms with Crippen molar-refractivity contribution in [2.24, 2.45) is 5.92 Å². The van der Waals surface area contributed by atoms with Crippen LogP contribution in [0.15, 0.2) is 54.6 Å². The molecule has 0 heterocycles. The summed E-state index contributed by atoms with van der Waals surface area (Å²) in [7, 11) is 0. The second-order valence-corrected chi connectivity index (χ2v) is 5.92. The average molecular weight is 291 g/mol. The molecule has 0 spiro atoms. The van der Waals surface area contributed by atoms with Gasteiger partial charge in [0.15, 0.2) is 0 Å². The molecule has 0 N–H and O–H groups in total. The zero-order chi connectivity index (χ0) is 15.6. The predicted molar refractivity (Wildman–Crippen MR) is 93.4 cm³/mol. The Morgan fingerprint density at radius 3 is 2.14 bits per heavy atom. The fourth-order valence-corrected chi connectivity index (χ4v) is 2.77. The second kappa shape index (κ2) is 9.05. The minimum atomic E-state index is 0.239. The first-order valence-electron chi connectivity index (χ1n) is 8.37. The van der Waals surface area contributed by atoms with Crippen LogP contribution in [0.3, 0.4) is 0 Å². The molecule has 22 heavy (non-hydrogen) atoms. The molecule has 1 unspecified atom stereocenters. The summed E-state index contributed by atoms with van der Waals surface area (Å²) in [5, 5.41) is 9.16. The van der Waals surface area contributed by atoms with Gasteiger partial charge in [-0.05, 0) is 42.4 Å². The van der Waals surface area contributed by atoms with Crippen LogP contribution in [-0.4, -0.2) is 0 Å². The van der Waals surface area contributed by atoms with E-state index in [4.69, 9.17) is 5.26 Å². The van der Waals surface area contributed by atoms with Crippen molar-refractivity contribution in [2.45, 2.75) is 45.4 Å². The Morgan fingerprint density at radius 2 is 1.50 bits per heavy atom. The number of nitriles is 1. The Kier molecular flexibility index (Phi) is 6.71. The van der Waals surface area contributed by atoms with Gasteiger partial charge >= 0.3 is 0 Å². The topological polar surface area (TPSA) is 23.8 Å². The summed E-state index contributed by atoms with van der Waals surface area (Å²) in [6.45, 7) is 2.18. The van der Waals surface area contributed by atoms with Crippen LogP contribution in [0.1, 0.15) is 44.6 Å². The molecule has 2 rings (SSSR count). The molecule has 0 amide bonds. The normalized spacial score (nSPS) is 11.8. The largest absolute Gasteiger partial charge is 0.198 e. The third-order valence-electron chi connectivity index (χ3n) is 4.17. The van der Waals surface area contributed by atoms with Crippen molar-refractivity contribution >= 4 is 0 Å². The Labute approximate surface area is 134 Å². The van der Waals surface area contributed by atoms with E-state index in [2.05, 4.69) is 61.5 Å². The molecule has 0 aromatic heterocycles. The standard InChI is InChI=1S/C21H25N/c1-2-3-8-19(17-22)10-7-9-18-13-15-21(16-14-18)20-11-5-4-6-12-20/h4-6,11-16,19H,2-3,7-10H2,1H3. The van der Waals surface area contributed by atoms with E-state index >= 15 is 0 Å². The van der Waals surface area contributed by atoms with Crippen molar-refractivity contribution < 1.29 is 0 Å². The van der Waals surface area contributed by atoms with Crippen LogP contribution in [0.2, 0.25) is 0 Å². The van der Waals surface area contributed by atoms with Gasteiger partial charge in [0.05, 0.1) is 6.07 Å². The molecular formula is C21H25N. The number of nitrogens with zero attached hydrogens (tertiary/aromatic N) is 1. The maximum Gasteiger partial charge on any atom is 0.0655 e. The van der Waals surface area contributed by atoms with E-state index in [1.54, 1.807) is 0 Å². The van der Waals surface area contributed by atoms with Crippen LogP contribution in [0.4, 0.5) is 0 Å². The van der Waals surface area contributed by atoms with Gasteiger partial charge in [0.25, 0.3) is 0 Å². The summed E-state index contributed by atoms with van der Waals surface area (Å²) < 4.78 is 0. The second-order valence-electron chi connectivity index (χ2n) is 5.92. The van der Waals surface area contributed by atoms with Crippen LogP contribution in [0.5, 0.6) is 0 Å². The fraction of sp³-hybridized carbons (Fsp3) is 0.381. The summed E-state index contributed by atoms with van der Waals surface area (Å²) in [5.74, 6) is 0.239. The van der Waals surface area contributed by atoms with Crippen LogP contribution in [0.25, 0.3) is 11.1 Å². The van der Waals surface area contributed by atoms with E-state index in [1.807, 2.05) is 6.07 Å². The predicted octanol–water partition coefficient (Wildman–Crippen LogP) is 6.01. The maximum absolute atomic E-state index is 9.16. The molecule has 0 fully saturated rings. The molecule has 1 atom stereocenters. The van der Waals surface area contributed by atoms with Gasteiger partial charge in [-0.3, -0.25) is 0 Å². The van der Waals surface area contributed by atoms with Crippen LogP contribution < -0.4 is 0 Å². The molecule has 1 nitrogen and oxygen atoms in total. The van der Waals surface area contributed by atoms with Gasteiger partial charge in [0.1, 0.15) is 0 Å². The molecule has 0 radical (unpaired) electrons. The van der Waals surface area contributed by atoms with Gasteiger partial charge in [0.2, 0.25) is 0 Å². The molecule has 0 aliphatic heterocycles. The van der Waals surface area contributed by atoms with E-state index in [1.165, 1.54) is 29.5 Å². The van der Waals surface area contributed by atoms with Crippen LogP contribution in [0, 0.1) is 17.2 Å². The van der Waals surface area contributed by atoms with Crippen LogP contribution in [-0.2, 0) is 6.42 Å². The SMILES string of the molecule is CCCCC(C#N)CCCc1ccc(-c2ccccc2)cc1. The van der Waals surface area contributed by atoms with Crippen molar-refractivity contribution in [3.63, 3.8) is 0 Å². The van der Waals surface area contributed by atoms with Gasteiger partial charge in [-0.15, -0.1) is 0 Å². The van der Waals surface area contributed by atoms with Gasteiger partial charge in [-0.25, -0.2) is 0 Å². The Morgan fingerprint density at radius 1 is 0.864 bits per heavy atom. The highest BCUT2D eigenvalue weighted by atomic mass is 14.3. The first-order chi connectivity index (χ1) is 10.8. The number of hydrogen-bond acceptors (Lipinski definition) is 1. The summed E-state index contributed by atoms with van der Waals surface area (Å²) in [6, 6.07) is 21.7. The van der Waals surface area contributed by atoms with Crippen molar-refractivity contribution in [2.75, 3.05) is 0 Å². The molecule has 114 valence electrons. The fourth-order valence-electron chi connectivity index (χ4n) is 2.77. The highest BCUT2D eigenvalue weighted by Crippen LogP contribution is 2.21. The Bertz CT molecular complexity index is 578. The first kappa shape index (κ1) is 16.3. The van der Waals surface area contributed by atoms with Crippen molar-refractivity contribution in [1.82, 2.24) is 0 Å². The van der Waals surface area contributed by atoms with Crippen molar-refractivity contribution in [3.8, 4) is 17.2 Å². The van der Waals surface area contributed by atoms with Crippen LogP contribution >= 0.6 is 0 Å². The van der Waals surface area contributed by atoms with Gasteiger partial charge in [0, 0.05) is 5.92 Å². The van der Waals surface area contributed by atoms with E-state index in [9.17, 15) is 0 Å². The highest BCUT2D eigenvalue weighted by Gasteiger charge is 2.06. The average Bonchev–Trinajstić information content (AvgIpc) is 2.59. The maximum atomic E-state index is 9.16. The molecule has 0 bridgehead atoms. The van der Waals surface area contributed by atoms with Gasteiger partial charge in [-0.2, -0.15) is 5.26 Å². The minimum Gasteiger partial charge on any atom is -0.198 e. The molecule has 0 aliphatic carbocycles. The lowest BCUT2D eigenvalue weighted by atomic mass is 9.95. The van der Waals surface area contributed by atoms with E-state index in [-0.39, 0.29) is 5.92 Å². The molecule has 2 aromatic rings. The molecule has 2 aromatic carbocycles. The van der Waals surface area contributed by atoms with Crippen molar-refractivity contribution in [1.29, 1.82) is 5.26 Å². The number of aryl methyl sites for hydroxylation is 1. The van der Waals surface area contributed by atoms with E-state index < -0.39 is 0 Å². The zero-order valence-corrected chi connectivity index (χ0v) is 13.5. The summed E-state index contributed by atoms with van der Waals surface area (Å²) in [5.41, 5.74) is 3.90. The smallest absolute Gasteiger partial charge is 0.0655 e. The lowest BCUT2D eigenvalue weighted by molar-refractivity contribution is 0.510.